The van der Waals surface area contributed by atoms with Crippen molar-refractivity contribution < 1.29 is 22.0 Å². The summed E-state index contributed by atoms with van der Waals surface area (Å²) in [5.41, 5.74) is 1.35. The summed E-state index contributed by atoms with van der Waals surface area (Å²) in [5, 5.41) is 6.33. The van der Waals surface area contributed by atoms with E-state index in [0.29, 0.717) is 29.6 Å². The largest absolute Gasteiger partial charge is 0.459 e. The maximum Gasteiger partial charge on any atom is 0.315 e. The molecule has 2 heterocycles. The molecule has 0 aliphatic carbocycles. The molecule has 148 valence electrons. The van der Waals surface area contributed by atoms with Gasteiger partial charge in [0.05, 0.1) is 17.5 Å². The van der Waals surface area contributed by atoms with Gasteiger partial charge in [0.15, 0.2) is 9.84 Å². The number of fused-ring (bicyclic) bond motifs is 1. The van der Waals surface area contributed by atoms with Crippen molar-refractivity contribution >= 4 is 26.8 Å². The van der Waals surface area contributed by atoms with Gasteiger partial charge in [0.1, 0.15) is 17.2 Å². The molecule has 0 saturated carbocycles. The average molecular weight is 396 g/mol. The van der Waals surface area contributed by atoms with Crippen LogP contribution in [0.5, 0.6) is 0 Å². The van der Waals surface area contributed by atoms with Crippen LogP contribution in [-0.2, 0) is 9.84 Å². The van der Waals surface area contributed by atoms with Gasteiger partial charge in [0.2, 0.25) is 0 Å². The Morgan fingerprint density at radius 2 is 2.07 bits per heavy atom. The zero-order valence-corrected chi connectivity index (χ0v) is 16.5. The Morgan fingerprint density at radius 1 is 1.33 bits per heavy atom. The third kappa shape index (κ3) is 4.43. The van der Waals surface area contributed by atoms with E-state index < -0.39 is 21.9 Å². The molecular weight excluding hydrogens is 371 g/mol. The molecule has 2 aromatic rings. The van der Waals surface area contributed by atoms with E-state index in [1.54, 1.807) is 6.07 Å². The molecule has 2 N–H and O–H groups in total. The Hall–Kier alpha value is -2.09. The Balaban J connectivity index is 1.78. The number of carbonyl (C=O) groups excluding carboxylic acids is 1. The van der Waals surface area contributed by atoms with Crippen LogP contribution in [0.1, 0.15) is 44.1 Å². The minimum Gasteiger partial charge on any atom is -0.459 e. The molecule has 6 nitrogen and oxygen atoms in total. The fourth-order valence-electron chi connectivity index (χ4n) is 3.55. The molecule has 0 spiro atoms. The van der Waals surface area contributed by atoms with Gasteiger partial charge in [-0.05, 0) is 43.9 Å². The van der Waals surface area contributed by atoms with Gasteiger partial charge >= 0.3 is 6.03 Å². The molecule has 0 radical (unpaired) electrons. The summed E-state index contributed by atoms with van der Waals surface area (Å²) in [6, 6.07) is 3.10. The highest BCUT2D eigenvalue weighted by Gasteiger charge is 2.29. The minimum absolute atomic E-state index is 0.0231. The van der Waals surface area contributed by atoms with Gasteiger partial charge in [-0.15, -0.1) is 0 Å². The van der Waals surface area contributed by atoms with Crippen LogP contribution in [0.15, 0.2) is 22.6 Å². The third-order valence-corrected chi connectivity index (χ3v) is 6.79. The summed E-state index contributed by atoms with van der Waals surface area (Å²) in [6.45, 7) is 5.73. The number of amides is 2. The van der Waals surface area contributed by atoms with Crippen molar-refractivity contribution in [2.75, 3.05) is 11.5 Å². The molecule has 0 unspecified atom stereocenters. The van der Waals surface area contributed by atoms with Crippen molar-refractivity contribution in [3.8, 4) is 0 Å². The van der Waals surface area contributed by atoms with E-state index >= 15 is 0 Å². The van der Waals surface area contributed by atoms with Crippen molar-refractivity contribution in [1.29, 1.82) is 0 Å². The molecule has 1 aliphatic heterocycles. The van der Waals surface area contributed by atoms with Crippen molar-refractivity contribution in [3.05, 3.63) is 35.3 Å². The van der Waals surface area contributed by atoms with E-state index in [1.807, 2.05) is 20.8 Å². The quantitative estimate of drug-likeness (QED) is 0.828. The SMILES string of the molecule is Cc1c([C@@H](NC(=O)N[C@@H]2CCCS(=O)(=O)C2)C(C)C)oc2ccc(F)cc12. The van der Waals surface area contributed by atoms with Crippen LogP contribution in [0, 0.1) is 18.7 Å². The van der Waals surface area contributed by atoms with Gasteiger partial charge in [-0.1, -0.05) is 13.8 Å². The molecule has 1 saturated heterocycles. The fourth-order valence-corrected chi connectivity index (χ4v) is 5.18. The van der Waals surface area contributed by atoms with Crippen molar-refractivity contribution in [3.63, 3.8) is 0 Å². The number of sulfone groups is 1. The first-order valence-electron chi connectivity index (χ1n) is 9.12. The average Bonchev–Trinajstić information content (AvgIpc) is 2.88. The summed E-state index contributed by atoms with van der Waals surface area (Å²) < 4.78 is 42.9. The van der Waals surface area contributed by atoms with Gasteiger partial charge in [0, 0.05) is 17.0 Å². The van der Waals surface area contributed by atoms with Crippen molar-refractivity contribution in [2.45, 2.75) is 45.7 Å². The van der Waals surface area contributed by atoms with E-state index in [4.69, 9.17) is 4.42 Å². The van der Waals surface area contributed by atoms with Crippen molar-refractivity contribution in [1.82, 2.24) is 10.6 Å². The molecule has 1 aliphatic rings. The number of benzene rings is 1. The molecule has 27 heavy (non-hydrogen) atoms. The van der Waals surface area contributed by atoms with E-state index in [1.165, 1.54) is 12.1 Å². The molecule has 1 aromatic heterocycles. The molecule has 1 aromatic carbocycles. The number of hydrogen-bond donors (Lipinski definition) is 2. The van der Waals surface area contributed by atoms with Crippen LogP contribution in [0.4, 0.5) is 9.18 Å². The van der Waals surface area contributed by atoms with E-state index in [9.17, 15) is 17.6 Å². The predicted octanol–water partition coefficient (Wildman–Crippen LogP) is 3.45. The molecule has 2 amide bonds. The van der Waals surface area contributed by atoms with E-state index in [2.05, 4.69) is 10.6 Å². The number of rotatable bonds is 4. The number of furan rings is 1. The van der Waals surface area contributed by atoms with Gasteiger partial charge in [0.25, 0.3) is 0 Å². The Morgan fingerprint density at radius 3 is 2.74 bits per heavy atom. The highest BCUT2D eigenvalue weighted by molar-refractivity contribution is 7.91. The number of hydrogen-bond acceptors (Lipinski definition) is 4. The van der Waals surface area contributed by atoms with Gasteiger partial charge in [-0.3, -0.25) is 0 Å². The summed E-state index contributed by atoms with van der Waals surface area (Å²) in [4.78, 5) is 12.5. The van der Waals surface area contributed by atoms with Crippen LogP contribution < -0.4 is 10.6 Å². The highest BCUT2D eigenvalue weighted by Crippen LogP contribution is 2.33. The first-order valence-corrected chi connectivity index (χ1v) is 10.9. The predicted molar refractivity (Wildman–Crippen MR) is 102 cm³/mol. The van der Waals surface area contributed by atoms with Crippen LogP contribution in [0.25, 0.3) is 11.0 Å². The Kier molecular flexibility index (Phi) is 5.46. The normalized spacial score (nSPS) is 20.6. The second-order valence-electron chi connectivity index (χ2n) is 7.52. The van der Waals surface area contributed by atoms with Crippen LogP contribution in [0.3, 0.4) is 0 Å². The first kappa shape index (κ1) is 19.7. The van der Waals surface area contributed by atoms with Crippen LogP contribution in [0.2, 0.25) is 0 Å². The number of carbonyl (C=O) groups is 1. The Labute approximate surface area is 158 Å². The van der Waals surface area contributed by atoms with Crippen molar-refractivity contribution in [2.24, 2.45) is 5.92 Å². The molecule has 1 fully saturated rings. The summed E-state index contributed by atoms with van der Waals surface area (Å²) in [5.74, 6) is 0.404. The number of halogens is 1. The topological polar surface area (TPSA) is 88.4 Å². The molecule has 8 heteroatoms. The van der Waals surface area contributed by atoms with Crippen LogP contribution >= 0.6 is 0 Å². The van der Waals surface area contributed by atoms with E-state index in [-0.39, 0.29) is 29.3 Å². The highest BCUT2D eigenvalue weighted by atomic mass is 32.2. The zero-order valence-electron chi connectivity index (χ0n) is 15.7. The molecule has 3 rings (SSSR count). The maximum absolute atomic E-state index is 13.5. The first-order chi connectivity index (χ1) is 12.7. The fraction of sp³-hybridized carbons (Fsp3) is 0.526. The number of nitrogens with one attached hydrogen (secondary N) is 2. The standard InChI is InChI=1S/C19H25FN2O4S/c1-11(2)17(18-12(3)15-9-13(20)6-7-16(15)26-18)22-19(23)21-14-5-4-8-27(24,25)10-14/h6-7,9,11,14,17H,4-5,8,10H2,1-3H3,(H2,21,22,23)/t14-,17+/m1/s1. The summed E-state index contributed by atoms with van der Waals surface area (Å²) in [6.07, 6.45) is 1.19. The van der Waals surface area contributed by atoms with Gasteiger partial charge in [-0.2, -0.15) is 0 Å². The second-order valence-corrected chi connectivity index (χ2v) is 9.75. The maximum atomic E-state index is 13.5. The molecule has 2 atom stereocenters. The number of aryl methyl sites for hydroxylation is 1. The monoisotopic (exact) mass is 396 g/mol. The smallest absolute Gasteiger partial charge is 0.315 e. The lowest BCUT2D eigenvalue weighted by molar-refractivity contribution is 0.226. The van der Waals surface area contributed by atoms with E-state index in [0.717, 1.165) is 5.56 Å². The molecule has 0 bridgehead atoms. The third-order valence-electron chi connectivity index (χ3n) is 4.97. The molecular formula is C19H25FN2O4S. The summed E-state index contributed by atoms with van der Waals surface area (Å²) >= 11 is 0. The van der Waals surface area contributed by atoms with Crippen LogP contribution in [-0.4, -0.2) is 32.0 Å². The van der Waals surface area contributed by atoms with Gasteiger partial charge < -0.3 is 15.1 Å². The lowest BCUT2D eigenvalue weighted by Gasteiger charge is -2.26. The lowest BCUT2D eigenvalue weighted by Crippen LogP contribution is -2.48. The Bertz CT molecular complexity index is 952. The lowest BCUT2D eigenvalue weighted by atomic mass is 9.98. The summed E-state index contributed by atoms with van der Waals surface area (Å²) in [7, 11) is -3.10. The second kappa shape index (κ2) is 7.50. The zero-order chi connectivity index (χ0) is 19.8. The number of urea groups is 1. The van der Waals surface area contributed by atoms with Gasteiger partial charge in [-0.25, -0.2) is 17.6 Å². The minimum atomic E-state index is -3.10.